The Morgan fingerprint density at radius 1 is 1.25 bits per heavy atom. The number of aliphatic hydroxyl groups is 2. The fourth-order valence-corrected chi connectivity index (χ4v) is 0.769. The van der Waals surface area contributed by atoms with Crippen molar-refractivity contribution in [1.29, 1.82) is 0 Å². The SMILES string of the molecule is [NH]N1CC(O)C(O)C1. The van der Waals surface area contributed by atoms with Crippen molar-refractivity contribution in [3.63, 3.8) is 0 Å². The summed E-state index contributed by atoms with van der Waals surface area (Å²) in [5, 5.41) is 18.7. The van der Waals surface area contributed by atoms with Gasteiger partial charge in [0.25, 0.3) is 0 Å². The first-order chi connectivity index (χ1) is 3.70. The Bertz CT molecular complexity index is 78.1. The molecule has 0 aromatic rings. The largest absolute Gasteiger partial charge is 0.389 e. The monoisotopic (exact) mass is 117 g/mol. The second-order valence-electron chi connectivity index (χ2n) is 2.04. The highest BCUT2D eigenvalue weighted by Gasteiger charge is 2.27. The first kappa shape index (κ1) is 5.97. The molecule has 8 heavy (non-hydrogen) atoms. The molecule has 0 aromatic heterocycles. The van der Waals surface area contributed by atoms with Crippen LogP contribution in [0.3, 0.4) is 0 Å². The van der Waals surface area contributed by atoms with E-state index in [1.165, 1.54) is 0 Å². The minimum Gasteiger partial charge on any atom is -0.389 e. The molecule has 0 saturated carbocycles. The van der Waals surface area contributed by atoms with Crippen LogP contribution in [0.2, 0.25) is 0 Å². The molecule has 1 heterocycles. The van der Waals surface area contributed by atoms with E-state index in [-0.39, 0.29) is 13.1 Å². The van der Waals surface area contributed by atoms with Gasteiger partial charge in [-0.25, -0.2) is 5.01 Å². The highest BCUT2D eigenvalue weighted by atomic mass is 16.3. The van der Waals surface area contributed by atoms with E-state index in [9.17, 15) is 0 Å². The fourth-order valence-electron chi connectivity index (χ4n) is 0.769. The molecule has 0 amide bonds. The lowest BCUT2D eigenvalue weighted by Crippen LogP contribution is -2.22. The Morgan fingerprint density at radius 3 is 1.75 bits per heavy atom. The highest BCUT2D eigenvalue weighted by molar-refractivity contribution is 4.79. The third-order valence-corrected chi connectivity index (χ3v) is 1.26. The lowest BCUT2D eigenvalue weighted by atomic mass is 10.3. The molecule has 0 bridgehead atoms. The molecular formula is C4H9N2O2. The Kier molecular flexibility index (Phi) is 1.48. The minimum atomic E-state index is -0.715. The number of aliphatic hydroxyl groups excluding tert-OH is 2. The number of hydrogen-bond donors (Lipinski definition) is 2. The number of rotatable bonds is 0. The van der Waals surface area contributed by atoms with Crippen LogP contribution < -0.4 is 5.84 Å². The van der Waals surface area contributed by atoms with E-state index in [1.54, 1.807) is 0 Å². The smallest absolute Gasteiger partial charge is 0.0953 e. The average Bonchev–Trinajstić information content (AvgIpc) is 1.85. The van der Waals surface area contributed by atoms with Gasteiger partial charge in [0.1, 0.15) is 0 Å². The van der Waals surface area contributed by atoms with Gasteiger partial charge >= 0.3 is 0 Å². The zero-order valence-electron chi connectivity index (χ0n) is 4.41. The summed E-state index contributed by atoms with van der Waals surface area (Å²) in [6.07, 6.45) is -1.43. The Hall–Kier alpha value is -0.160. The van der Waals surface area contributed by atoms with Crippen LogP contribution in [-0.2, 0) is 0 Å². The summed E-state index contributed by atoms with van der Waals surface area (Å²) in [5.41, 5.74) is 0. The van der Waals surface area contributed by atoms with Crippen molar-refractivity contribution in [2.75, 3.05) is 13.1 Å². The van der Waals surface area contributed by atoms with Crippen LogP contribution in [-0.4, -0.2) is 40.5 Å². The van der Waals surface area contributed by atoms with Crippen LogP contribution in [0, 0.1) is 0 Å². The molecule has 1 aliphatic rings. The van der Waals surface area contributed by atoms with E-state index in [4.69, 9.17) is 16.1 Å². The van der Waals surface area contributed by atoms with Gasteiger partial charge in [-0.2, -0.15) is 5.84 Å². The third kappa shape index (κ3) is 0.976. The maximum atomic E-state index is 8.76. The van der Waals surface area contributed by atoms with Gasteiger partial charge in [0.15, 0.2) is 0 Å². The van der Waals surface area contributed by atoms with Crippen LogP contribution >= 0.6 is 0 Å². The van der Waals surface area contributed by atoms with Crippen molar-refractivity contribution < 1.29 is 10.2 Å². The van der Waals surface area contributed by atoms with E-state index in [0.717, 1.165) is 5.01 Å². The summed E-state index contributed by atoms with van der Waals surface area (Å²) < 4.78 is 0. The lowest BCUT2D eigenvalue weighted by Gasteiger charge is -2.01. The fraction of sp³-hybridized carbons (Fsp3) is 1.00. The highest BCUT2D eigenvalue weighted by Crippen LogP contribution is 2.04. The van der Waals surface area contributed by atoms with Crippen molar-refractivity contribution in [3.05, 3.63) is 0 Å². The number of hydrogen-bond acceptors (Lipinski definition) is 3. The molecule has 1 radical (unpaired) electrons. The van der Waals surface area contributed by atoms with Gasteiger partial charge in [0.2, 0.25) is 0 Å². The van der Waals surface area contributed by atoms with Gasteiger partial charge < -0.3 is 10.2 Å². The van der Waals surface area contributed by atoms with Gasteiger partial charge in [-0.15, -0.1) is 0 Å². The van der Waals surface area contributed by atoms with E-state index in [2.05, 4.69) is 0 Å². The molecule has 2 atom stereocenters. The normalized spacial score (nSPS) is 40.9. The van der Waals surface area contributed by atoms with Gasteiger partial charge in [0.05, 0.1) is 12.2 Å². The lowest BCUT2D eigenvalue weighted by molar-refractivity contribution is 0.0572. The number of β-amino-alcohol motifs (C(OH)–C–C–N with tert-alkyl or cyclic N) is 2. The predicted molar refractivity (Wildman–Crippen MR) is 26.7 cm³/mol. The summed E-state index contributed by atoms with van der Waals surface area (Å²) in [6, 6.07) is 0. The van der Waals surface area contributed by atoms with Crippen LogP contribution in [0.5, 0.6) is 0 Å². The first-order valence-corrected chi connectivity index (χ1v) is 2.52. The van der Waals surface area contributed by atoms with E-state index < -0.39 is 12.2 Å². The molecule has 2 unspecified atom stereocenters. The third-order valence-electron chi connectivity index (χ3n) is 1.26. The van der Waals surface area contributed by atoms with Crippen molar-refractivity contribution in [1.82, 2.24) is 10.9 Å². The van der Waals surface area contributed by atoms with Gasteiger partial charge in [0, 0.05) is 13.1 Å². The second-order valence-corrected chi connectivity index (χ2v) is 2.04. The standard InChI is InChI=1S/C4H9N2O2/c5-6-1-3(7)4(8)2-6/h3-5,7-8H,1-2H2. The second kappa shape index (κ2) is 1.99. The van der Waals surface area contributed by atoms with Crippen LogP contribution in [0.25, 0.3) is 0 Å². The molecule has 47 valence electrons. The van der Waals surface area contributed by atoms with Crippen molar-refractivity contribution in [2.45, 2.75) is 12.2 Å². The zero-order chi connectivity index (χ0) is 6.15. The maximum Gasteiger partial charge on any atom is 0.0953 e. The molecular weight excluding hydrogens is 108 g/mol. The van der Waals surface area contributed by atoms with Crippen LogP contribution in [0.4, 0.5) is 0 Å². The topological polar surface area (TPSA) is 67.5 Å². The van der Waals surface area contributed by atoms with Gasteiger partial charge in [-0.3, -0.25) is 0 Å². The van der Waals surface area contributed by atoms with Gasteiger partial charge in [-0.1, -0.05) is 0 Å². The summed E-state index contributed by atoms with van der Waals surface area (Å²) in [6.45, 7) is 0.530. The van der Waals surface area contributed by atoms with Crippen molar-refractivity contribution in [2.24, 2.45) is 0 Å². The van der Waals surface area contributed by atoms with Gasteiger partial charge in [-0.05, 0) is 0 Å². The Morgan fingerprint density at radius 2 is 1.62 bits per heavy atom. The minimum absolute atomic E-state index is 0.265. The van der Waals surface area contributed by atoms with E-state index in [1.807, 2.05) is 0 Å². The quantitative estimate of drug-likeness (QED) is 0.394. The number of nitrogens with zero attached hydrogens (tertiary/aromatic N) is 1. The summed E-state index contributed by atoms with van der Waals surface area (Å²) in [4.78, 5) is 0. The maximum absolute atomic E-state index is 8.76. The van der Waals surface area contributed by atoms with E-state index in [0.29, 0.717) is 0 Å². The molecule has 4 nitrogen and oxygen atoms in total. The van der Waals surface area contributed by atoms with Crippen molar-refractivity contribution >= 4 is 0 Å². The molecule has 1 fully saturated rings. The molecule has 0 aliphatic carbocycles. The predicted octanol–water partition coefficient (Wildman–Crippen LogP) is -1.78. The Balaban J connectivity index is 2.39. The molecule has 3 N–H and O–H groups in total. The summed E-state index contributed by atoms with van der Waals surface area (Å²) >= 11 is 0. The molecule has 4 heteroatoms. The first-order valence-electron chi connectivity index (χ1n) is 2.52. The van der Waals surface area contributed by atoms with Crippen molar-refractivity contribution in [3.8, 4) is 0 Å². The summed E-state index contributed by atoms with van der Waals surface area (Å²) in [7, 11) is 0. The number of nitrogens with one attached hydrogen (secondary N) is 1. The molecule has 0 spiro atoms. The van der Waals surface area contributed by atoms with Crippen LogP contribution in [0.1, 0.15) is 0 Å². The molecule has 0 aromatic carbocycles. The Labute approximate surface area is 47.5 Å². The molecule has 1 aliphatic heterocycles. The molecule has 1 saturated heterocycles. The average molecular weight is 117 g/mol. The van der Waals surface area contributed by atoms with Crippen LogP contribution in [0.15, 0.2) is 0 Å². The zero-order valence-corrected chi connectivity index (χ0v) is 4.41. The van der Waals surface area contributed by atoms with E-state index >= 15 is 0 Å². The molecule has 1 rings (SSSR count). The summed E-state index contributed by atoms with van der Waals surface area (Å²) in [5.74, 6) is 6.91.